The molecule has 0 unspecified atom stereocenters. The summed E-state index contributed by atoms with van der Waals surface area (Å²) in [5.41, 5.74) is -2.50. The fourth-order valence-electron chi connectivity index (χ4n) is 1.22. The molecule has 0 spiro atoms. The van der Waals surface area contributed by atoms with Gasteiger partial charge in [-0.3, -0.25) is 14.9 Å². The van der Waals surface area contributed by atoms with Gasteiger partial charge in [0.2, 0.25) is 0 Å². The van der Waals surface area contributed by atoms with Gasteiger partial charge in [-0.15, -0.1) is 0 Å². The van der Waals surface area contributed by atoms with Crippen LogP contribution in [0.5, 0.6) is 0 Å². The zero-order valence-electron chi connectivity index (χ0n) is 8.11. The number of nitrogens with zero attached hydrogens (tertiary/aromatic N) is 1. The van der Waals surface area contributed by atoms with Gasteiger partial charge in [0.15, 0.2) is 0 Å². The molecule has 17 heavy (non-hydrogen) atoms. The summed E-state index contributed by atoms with van der Waals surface area (Å²) in [6.07, 6.45) is 0. The van der Waals surface area contributed by atoms with Gasteiger partial charge in [0.05, 0.1) is 10.5 Å². The summed E-state index contributed by atoms with van der Waals surface area (Å²) in [5, 5.41) is 27.8. The zero-order chi connectivity index (χ0) is 13.2. The molecule has 0 saturated heterocycles. The number of hydrogen-bond acceptors (Lipinski definition) is 5. The number of carbonyl (C=O) groups is 3. The molecule has 8 heteroatoms. The van der Waals surface area contributed by atoms with Gasteiger partial charge < -0.3 is 10.2 Å². The molecule has 2 N–H and O–H groups in total. The lowest BCUT2D eigenvalue weighted by Crippen LogP contribution is -2.18. The van der Waals surface area contributed by atoms with Crippen molar-refractivity contribution in [3.05, 3.63) is 39.4 Å². The van der Waals surface area contributed by atoms with Gasteiger partial charge in [0.25, 0.3) is 11.5 Å². The maximum Gasteiger partial charge on any atom is 0.377 e. The minimum atomic E-state index is -1.96. The maximum atomic E-state index is 11.2. The van der Waals surface area contributed by atoms with Crippen LogP contribution in [-0.4, -0.2) is 32.9 Å². The average Bonchev–Trinajstić information content (AvgIpc) is 2.26. The van der Waals surface area contributed by atoms with Crippen molar-refractivity contribution in [2.75, 3.05) is 0 Å². The van der Waals surface area contributed by atoms with E-state index < -0.39 is 39.5 Å². The highest BCUT2D eigenvalue weighted by atomic mass is 16.6. The van der Waals surface area contributed by atoms with Gasteiger partial charge in [-0.25, -0.2) is 9.59 Å². The van der Waals surface area contributed by atoms with Crippen LogP contribution < -0.4 is 0 Å². The van der Waals surface area contributed by atoms with Gasteiger partial charge in [0, 0.05) is 6.07 Å². The molecule has 0 aliphatic carbocycles. The van der Waals surface area contributed by atoms with Crippen LogP contribution in [0.4, 0.5) is 5.69 Å². The topological polar surface area (TPSA) is 135 Å². The summed E-state index contributed by atoms with van der Waals surface area (Å²) in [6.45, 7) is 0. The van der Waals surface area contributed by atoms with Crippen LogP contribution >= 0.6 is 0 Å². The van der Waals surface area contributed by atoms with E-state index in [1.54, 1.807) is 0 Å². The van der Waals surface area contributed by atoms with Crippen LogP contribution in [0, 0.1) is 10.1 Å². The minimum Gasteiger partial charge on any atom is -0.478 e. The van der Waals surface area contributed by atoms with Crippen molar-refractivity contribution in [2.24, 2.45) is 0 Å². The Balaban J connectivity index is 3.61. The van der Waals surface area contributed by atoms with Crippen LogP contribution in [-0.2, 0) is 4.79 Å². The Morgan fingerprint density at radius 3 is 2.18 bits per heavy atom. The highest BCUT2D eigenvalue weighted by Gasteiger charge is 2.30. The summed E-state index contributed by atoms with van der Waals surface area (Å²) in [7, 11) is 0. The molecule has 0 aliphatic rings. The Hall–Kier alpha value is -2.77. The van der Waals surface area contributed by atoms with Gasteiger partial charge >= 0.3 is 11.9 Å². The third-order valence-electron chi connectivity index (χ3n) is 1.89. The van der Waals surface area contributed by atoms with Crippen molar-refractivity contribution in [1.82, 2.24) is 0 Å². The molecule has 0 aromatic heterocycles. The molecular weight excluding hydrogens is 234 g/mol. The minimum absolute atomic E-state index is 0.716. The van der Waals surface area contributed by atoms with Crippen LogP contribution in [0.25, 0.3) is 0 Å². The Bertz CT molecular complexity index is 502. The van der Waals surface area contributed by atoms with Crippen LogP contribution in [0.1, 0.15) is 20.7 Å². The quantitative estimate of drug-likeness (QED) is 0.339. The van der Waals surface area contributed by atoms with E-state index in [9.17, 15) is 24.5 Å². The van der Waals surface area contributed by atoms with E-state index in [-0.39, 0.29) is 0 Å². The van der Waals surface area contributed by atoms with Gasteiger partial charge in [0.1, 0.15) is 5.56 Å². The summed E-state index contributed by atoms with van der Waals surface area (Å²) in [6, 6.07) is 2.84. The predicted molar refractivity (Wildman–Crippen MR) is 52.0 cm³/mol. The Morgan fingerprint density at radius 2 is 1.76 bits per heavy atom. The lowest BCUT2D eigenvalue weighted by Gasteiger charge is -2.02. The number of rotatable bonds is 4. The second kappa shape index (κ2) is 4.39. The highest BCUT2D eigenvalue weighted by molar-refractivity contribution is 6.42. The molecule has 0 saturated carbocycles. The van der Waals surface area contributed by atoms with Crippen molar-refractivity contribution in [3.63, 3.8) is 0 Å². The number of nitro groups is 1. The number of carboxylic acid groups (broad SMARTS) is 2. The number of nitro benzene ring substituents is 1. The normalized spacial score (nSPS) is 9.65. The van der Waals surface area contributed by atoms with E-state index in [4.69, 9.17) is 10.2 Å². The Kier molecular flexibility index (Phi) is 3.18. The zero-order valence-corrected chi connectivity index (χ0v) is 8.11. The summed E-state index contributed by atoms with van der Waals surface area (Å²) < 4.78 is 0. The molecule has 0 radical (unpaired) electrons. The van der Waals surface area contributed by atoms with E-state index in [1.807, 2.05) is 0 Å². The molecule has 0 aliphatic heterocycles. The van der Waals surface area contributed by atoms with E-state index in [1.165, 1.54) is 0 Å². The van der Waals surface area contributed by atoms with Gasteiger partial charge in [-0.05, 0) is 6.07 Å². The smallest absolute Gasteiger partial charge is 0.377 e. The third-order valence-corrected chi connectivity index (χ3v) is 1.89. The first kappa shape index (κ1) is 12.3. The fourth-order valence-corrected chi connectivity index (χ4v) is 1.22. The van der Waals surface area contributed by atoms with Crippen molar-refractivity contribution in [1.29, 1.82) is 0 Å². The molecule has 1 rings (SSSR count). The van der Waals surface area contributed by atoms with Crippen molar-refractivity contribution < 1.29 is 29.5 Å². The molecular formula is C9H5NO7. The second-order valence-electron chi connectivity index (χ2n) is 2.90. The number of benzene rings is 1. The second-order valence-corrected chi connectivity index (χ2v) is 2.90. The summed E-state index contributed by atoms with van der Waals surface area (Å²) in [5.74, 6) is -5.20. The molecule has 0 amide bonds. The van der Waals surface area contributed by atoms with Crippen LogP contribution in [0.3, 0.4) is 0 Å². The number of Topliss-reactive ketones (excluding diaryl/α,β-unsaturated/α-hetero) is 1. The van der Waals surface area contributed by atoms with Crippen molar-refractivity contribution in [2.45, 2.75) is 0 Å². The van der Waals surface area contributed by atoms with Gasteiger partial charge in [-0.1, -0.05) is 6.07 Å². The number of carbonyl (C=O) groups excluding carboxylic acids is 1. The van der Waals surface area contributed by atoms with Crippen molar-refractivity contribution >= 4 is 23.4 Å². The lowest BCUT2D eigenvalue weighted by atomic mass is 10.0. The van der Waals surface area contributed by atoms with E-state index in [2.05, 4.69) is 0 Å². The number of carboxylic acids is 2. The molecule has 0 atom stereocenters. The fraction of sp³-hybridized carbons (Fsp3) is 0. The molecule has 1 aromatic rings. The van der Waals surface area contributed by atoms with E-state index in [0.717, 1.165) is 18.2 Å². The average molecular weight is 239 g/mol. The molecule has 0 bridgehead atoms. The summed E-state index contributed by atoms with van der Waals surface area (Å²) >= 11 is 0. The highest BCUT2D eigenvalue weighted by Crippen LogP contribution is 2.23. The standard InChI is InChI=1S/C9H5NO7/c11-7(9(14)15)6-4(8(12)13)2-1-3-5(6)10(16)17/h1-3H,(H,12,13)(H,14,15). The third kappa shape index (κ3) is 2.25. The Morgan fingerprint density at radius 1 is 1.18 bits per heavy atom. The molecule has 8 nitrogen and oxygen atoms in total. The molecule has 88 valence electrons. The lowest BCUT2D eigenvalue weighted by molar-refractivity contribution is -0.385. The number of aromatic carboxylic acids is 1. The van der Waals surface area contributed by atoms with Crippen LogP contribution in [0.15, 0.2) is 18.2 Å². The first-order chi connectivity index (χ1) is 7.86. The number of hydrogen-bond donors (Lipinski definition) is 2. The SMILES string of the molecule is O=C(O)C(=O)c1c(C(=O)O)cccc1[N+](=O)[O-]. The van der Waals surface area contributed by atoms with Crippen LogP contribution in [0.2, 0.25) is 0 Å². The van der Waals surface area contributed by atoms with E-state index in [0.29, 0.717) is 0 Å². The number of aliphatic carboxylic acids is 1. The predicted octanol–water partition coefficient (Wildman–Crippen LogP) is 0.560. The largest absolute Gasteiger partial charge is 0.478 e. The number of ketones is 1. The Labute approximate surface area is 93.3 Å². The first-order valence-electron chi connectivity index (χ1n) is 4.14. The van der Waals surface area contributed by atoms with Crippen molar-refractivity contribution in [3.8, 4) is 0 Å². The monoisotopic (exact) mass is 239 g/mol. The van der Waals surface area contributed by atoms with Gasteiger partial charge in [-0.2, -0.15) is 0 Å². The maximum absolute atomic E-state index is 11.2. The molecule has 0 heterocycles. The molecule has 1 aromatic carbocycles. The van der Waals surface area contributed by atoms with E-state index >= 15 is 0 Å². The first-order valence-corrected chi connectivity index (χ1v) is 4.14. The summed E-state index contributed by atoms with van der Waals surface area (Å²) in [4.78, 5) is 42.0. The molecule has 0 fully saturated rings.